The lowest BCUT2D eigenvalue weighted by molar-refractivity contribution is -0.119. The Morgan fingerprint density at radius 2 is 2.00 bits per heavy atom. The van der Waals surface area contributed by atoms with Gasteiger partial charge in [0, 0.05) is 46.7 Å². The number of hydrogen-bond acceptors (Lipinski definition) is 3. The highest BCUT2D eigenvalue weighted by atomic mass is 16.2. The van der Waals surface area contributed by atoms with Crippen molar-refractivity contribution in [1.29, 1.82) is 0 Å². The fourth-order valence-electron chi connectivity index (χ4n) is 3.29. The molecule has 2 aromatic rings. The first-order valence-electron chi connectivity index (χ1n) is 8.78. The van der Waals surface area contributed by atoms with Crippen molar-refractivity contribution in [1.82, 2.24) is 15.3 Å². The quantitative estimate of drug-likeness (QED) is 0.902. The van der Waals surface area contributed by atoms with Gasteiger partial charge in [0.05, 0.1) is 0 Å². The number of aromatic amines is 1. The molecular formula is C20H21N3O2. The van der Waals surface area contributed by atoms with Gasteiger partial charge in [-0.05, 0) is 44.2 Å². The van der Waals surface area contributed by atoms with Gasteiger partial charge >= 0.3 is 0 Å². The van der Waals surface area contributed by atoms with Crippen molar-refractivity contribution >= 4 is 11.5 Å². The molecule has 2 fully saturated rings. The number of carbonyl (C=O) groups is 1. The van der Waals surface area contributed by atoms with Gasteiger partial charge in [-0.1, -0.05) is 18.2 Å². The predicted molar refractivity (Wildman–Crippen MR) is 96.3 cm³/mol. The minimum Gasteiger partial charge on any atom is -0.350 e. The fraction of sp³-hybridized carbons (Fsp3) is 0.350. The molecule has 1 saturated carbocycles. The van der Waals surface area contributed by atoms with Crippen molar-refractivity contribution in [2.24, 2.45) is 0 Å². The summed E-state index contributed by atoms with van der Waals surface area (Å²) in [6.45, 7) is 1.94. The summed E-state index contributed by atoms with van der Waals surface area (Å²) in [4.78, 5) is 31.4. The Hall–Kier alpha value is -2.69. The van der Waals surface area contributed by atoms with Crippen LogP contribution in [0.5, 0.6) is 0 Å². The van der Waals surface area contributed by atoms with E-state index in [9.17, 15) is 9.59 Å². The molecule has 2 aliphatic rings. The van der Waals surface area contributed by atoms with Crippen molar-refractivity contribution < 1.29 is 4.79 Å². The molecule has 1 amide bonds. The van der Waals surface area contributed by atoms with Crippen LogP contribution in [-0.2, 0) is 4.79 Å². The normalized spacial score (nSPS) is 20.6. The van der Waals surface area contributed by atoms with E-state index in [0.29, 0.717) is 12.3 Å². The van der Waals surface area contributed by atoms with E-state index >= 15 is 0 Å². The molecule has 2 aromatic heterocycles. The molecule has 3 heterocycles. The van der Waals surface area contributed by atoms with Gasteiger partial charge in [-0.25, -0.2) is 0 Å². The van der Waals surface area contributed by atoms with Crippen LogP contribution in [-0.4, -0.2) is 21.9 Å². The third-order valence-electron chi connectivity index (χ3n) is 4.87. The van der Waals surface area contributed by atoms with Crippen LogP contribution in [0.2, 0.25) is 0 Å². The Kier molecular flexibility index (Phi) is 3.99. The number of aryl methyl sites for hydroxylation is 1. The monoisotopic (exact) mass is 335 g/mol. The van der Waals surface area contributed by atoms with Crippen molar-refractivity contribution in [3.05, 3.63) is 69.4 Å². The lowest BCUT2D eigenvalue weighted by atomic mass is 9.99. The van der Waals surface area contributed by atoms with Crippen LogP contribution in [0.25, 0.3) is 5.57 Å². The second-order valence-electron chi connectivity index (χ2n) is 6.91. The molecule has 5 heteroatoms. The predicted octanol–water partition coefficient (Wildman–Crippen LogP) is 2.67. The molecule has 0 aromatic carbocycles. The first-order valence-corrected chi connectivity index (χ1v) is 8.78. The van der Waals surface area contributed by atoms with E-state index < -0.39 is 0 Å². The molecule has 5 nitrogen and oxygen atoms in total. The van der Waals surface area contributed by atoms with Gasteiger partial charge in [-0.3, -0.25) is 14.6 Å². The number of rotatable bonds is 4. The summed E-state index contributed by atoms with van der Waals surface area (Å²) in [5, 5.41) is 2.96. The Morgan fingerprint density at radius 3 is 2.60 bits per heavy atom. The van der Waals surface area contributed by atoms with E-state index in [1.54, 1.807) is 0 Å². The van der Waals surface area contributed by atoms with Crippen LogP contribution >= 0.6 is 0 Å². The molecule has 1 saturated heterocycles. The zero-order valence-corrected chi connectivity index (χ0v) is 14.2. The van der Waals surface area contributed by atoms with Crippen LogP contribution in [0.4, 0.5) is 0 Å². The average Bonchev–Trinajstić information content (AvgIpc) is 3.35. The number of pyridine rings is 2. The van der Waals surface area contributed by atoms with E-state index in [0.717, 1.165) is 47.4 Å². The molecule has 25 heavy (non-hydrogen) atoms. The van der Waals surface area contributed by atoms with Gasteiger partial charge in [-0.2, -0.15) is 0 Å². The topological polar surface area (TPSA) is 74.8 Å². The zero-order chi connectivity index (χ0) is 17.4. The SMILES string of the molecule is Cc1ccc(/C(=C\[C@H]2CCC(=O)N2)c2ccc(C3CC3)c(=O)[nH]2)cn1. The number of carbonyl (C=O) groups excluding carboxylic acids is 1. The largest absolute Gasteiger partial charge is 0.350 e. The highest BCUT2D eigenvalue weighted by molar-refractivity contribution is 5.82. The maximum absolute atomic E-state index is 12.4. The Bertz CT molecular complexity index is 892. The molecule has 128 valence electrons. The zero-order valence-electron chi connectivity index (χ0n) is 14.2. The molecule has 1 aliphatic carbocycles. The van der Waals surface area contributed by atoms with E-state index in [1.165, 1.54) is 0 Å². The molecule has 0 spiro atoms. The van der Waals surface area contributed by atoms with Gasteiger partial charge in [0.25, 0.3) is 5.56 Å². The van der Waals surface area contributed by atoms with Crippen LogP contribution < -0.4 is 10.9 Å². The number of nitrogens with zero attached hydrogens (tertiary/aromatic N) is 1. The summed E-state index contributed by atoms with van der Waals surface area (Å²) in [5.41, 5.74) is 4.40. The van der Waals surface area contributed by atoms with E-state index in [1.807, 2.05) is 43.5 Å². The lowest BCUT2D eigenvalue weighted by Crippen LogP contribution is -2.23. The fourth-order valence-corrected chi connectivity index (χ4v) is 3.29. The molecule has 0 bridgehead atoms. The number of H-pyrrole nitrogens is 1. The van der Waals surface area contributed by atoms with Crippen LogP contribution in [0.15, 0.2) is 41.3 Å². The summed E-state index contributed by atoms with van der Waals surface area (Å²) < 4.78 is 0. The maximum Gasteiger partial charge on any atom is 0.251 e. The summed E-state index contributed by atoms with van der Waals surface area (Å²) in [7, 11) is 0. The van der Waals surface area contributed by atoms with Crippen LogP contribution in [0, 0.1) is 6.92 Å². The smallest absolute Gasteiger partial charge is 0.251 e. The minimum atomic E-state index is -0.0181. The first-order chi connectivity index (χ1) is 12.1. The molecule has 1 atom stereocenters. The third kappa shape index (κ3) is 3.40. The van der Waals surface area contributed by atoms with Gasteiger partial charge in [-0.15, -0.1) is 0 Å². The first kappa shape index (κ1) is 15.8. The Labute approximate surface area is 146 Å². The highest BCUT2D eigenvalue weighted by Crippen LogP contribution is 2.38. The second-order valence-corrected chi connectivity index (χ2v) is 6.91. The van der Waals surface area contributed by atoms with Crippen LogP contribution in [0.1, 0.15) is 54.1 Å². The van der Waals surface area contributed by atoms with Gasteiger partial charge in [0.2, 0.25) is 5.91 Å². The van der Waals surface area contributed by atoms with Crippen molar-refractivity contribution in [2.75, 3.05) is 0 Å². The summed E-state index contributed by atoms with van der Waals surface area (Å²) in [5.74, 6) is 0.487. The Morgan fingerprint density at radius 1 is 1.16 bits per heavy atom. The van der Waals surface area contributed by atoms with Gasteiger partial charge < -0.3 is 10.3 Å². The average molecular weight is 335 g/mol. The molecule has 2 N–H and O–H groups in total. The van der Waals surface area contributed by atoms with Crippen molar-refractivity contribution in [2.45, 2.75) is 44.6 Å². The van der Waals surface area contributed by atoms with E-state index in [4.69, 9.17) is 0 Å². The highest BCUT2D eigenvalue weighted by Gasteiger charge is 2.26. The maximum atomic E-state index is 12.4. The Balaban J connectivity index is 1.75. The standard InChI is InChI=1S/C20H21N3O2/c1-12-2-3-14(11-21-12)17(10-15-6-9-19(24)22-15)18-8-7-16(13-4-5-13)20(25)23-18/h2-3,7-8,10-11,13,15H,4-6,9H2,1H3,(H,22,24)(H,23,25)/b17-10+/t15-/m1/s1. The molecule has 1 aliphatic heterocycles. The van der Waals surface area contributed by atoms with E-state index in [2.05, 4.69) is 15.3 Å². The number of hydrogen-bond donors (Lipinski definition) is 2. The molecule has 4 rings (SSSR count). The number of nitrogens with one attached hydrogen (secondary N) is 2. The summed E-state index contributed by atoms with van der Waals surface area (Å²) >= 11 is 0. The minimum absolute atomic E-state index is 0.0126. The molecular weight excluding hydrogens is 314 g/mol. The second kappa shape index (κ2) is 6.31. The third-order valence-corrected chi connectivity index (χ3v) is 4.87. The van der Waals surface area contributed by atoms with Crippen LogP contribution in [0.3, 0.4) is 0 Å². The number of aromatic nitrogens is 2. The molecule has 0 unspecified atom stereocenters. The summed E-state index contributed by atoms with van der Waals surface area (Å²) in [6.07, 6.45) is 7.34. The van der Waals surface area contributed by atoms with Crippen molar-refractivity contribution in [3.63, 3.8) is 0 Å². The van der Waals surface area contributed by atoms with Gasteiger partial charge in [0.1, 0.15) is 0 Å². The van der Waals surface area contributed by atoms with Crippen molar-refractivity contribution in [3.8, 4) is 0 Å². The lowest BCUT2D eigenvalue weighted by Gasteiger charge is -2.12. The van der Waals surface area contributed by atoms with Gasteiger partial charge in [0.15, 0.2) is 0 Å². The van der Waals surface area contributed by atoms with E-state index in [-0.39, 0.29) is 17.5 Å². The number of amides is 1. The molecule has 0 radical (unpaired) electrons. The summed E-state index contributed by atoms with van der Waals surface area (Å²) in [6, 6.07) is 7.84.